The molecule has 0 N–H and O–H groups in total. The lowest BCUT2D eigenvalue weighted by Gasteiger charge is -2.07. The van der Waals surface area contributed by atoms with Gasteiger partial charge in [-0.2, -0.15) is 0 Å². The van der Waals surface area contributed by atoms with Gasteiger partial charge in [0.1, 0.15) is 5.82 Å². The Kier molecular flexibility index (Phi) is 3.60. The van der Waals surface area contributed by atoms with Crippen LogP contribution in [0.25, 0.3) is 21.6 Å². The van der Waals surface area contributed by atoms with Crippen LogP contribution in [-0.2, 0) is 6.54 Å². The maximum atomic E-state index is 13.5. The standard InChI is InChI=1S/C14H12FN3/c1-10-4-2-3-5-14(10)12-6-11(9-17-18-16)7-13(15)8-12/h2-8H,9H2,1H3. The fourth-order valence-electron chi connectivity index (χ4n) is 1.91. The molecule has 0 spiro atoms. The highest BCUT2D eigenvalue weighted by Crippen LogP contribution is 2.25. The van der Waals surface area contributed by atoms with Crippen molar-refractivity contribution in [3.63, 3.8) is 0 Å². The number of rotatable bonds is 3. The lowest BCUT2D eigenvalue weighted by molar-refractivity contribution is 0.626. The summed E-state index contributed by atoms with van der Waals surface area (Å²) in [5, 5.41) is 3.45. The van der Waals surface area contributed by atoms with Crippen LogP contribution >= 0.6 is 0 Å². The smallest absolute Gasteiger partial charge is 0.124 e. The van der Waals surface area contributed by atoms with Crippen molar-refractivity contribution in [2.24, 2.45) is 5.11 Å². The molecule has 0 aliphatic heterocycles. The molecule has 0 saturated carbocycles. The maximum Gasteiger partial charge on any atom is 0.124 e. The van der Waals surface area contributed by atoms with Crippen molar-refractivity contribution < 1.29 is 4.39 Å². The van der Waals surface area contributed by atoms with Gasteiger partial charge in [-0.1, -0.05) is 35.4 Å². The predicted octanol–water partition coefficient (Wildman–Crippen LogP) is 4.61. The van der Waals surface area contributed by atoms with Crippen molar-refractivity contribution in [3.8, 4) is 11.1 Å². The molecule has 0 aliphatic rings. The average Bonchev–Trinajstić information content (AvgIpc) is 2.36. The van der Waals surface area contributed by atoms with Gasteiger partial charge in [-0.3, -0.25) is 0 Å². The van der Waals surface area contributed by atoms with Crippen LogP contribution in [0.3, 0.4) is 0 Å². The van der Waals surface area contributed by atoms with Gasteiger partial charge < -0.3 is 0 Å². The van der Waals surface area contributed by atoms with E-state index in [4.69, 9.17) is 5.53 Å². The molecule has 2 aromatic carbocycles. The number of azide groups is 1. The molecule has 3 nitrogen and oxygen atoms in total. The van der Waals surface area contributed by atoms with E-state index in [-0.39, 0.29) is 12.4 Å². The molecule has 0 fully saturated rings. The summed E-state index contributed by atoms with van der Waals surface area (Å²) in [7, 11) is 0. The highest BCUT2D eigenvalue weighted by Gasteiger charge is 2.05. The van der Waals surface area contributed by atoms with Gasteiger partial charge >= 0.3 is 0 Å². The highest BCUT2D eigenvalue weighted by molar-refractivity contribution is 5.67. The van der Waals surface area contributed by atoms with E-state index < -0.39 is 0 Å². The Bertz CT molecular complexity index is 616. The second-order valence-corrected chi connectivity index (χ2v) is 4.05. The summed E-state index contributed by atoms with van der Waals surface area (Å²) in [5.74, 6) is -0.320. The molecule has 2 rings (SSSR count). The number of benzene rings is 2. The molecule has 0 unspecified atom stereocenters. The fraction of sp³-hybridized carbons (Fsp3) is 0.143. The molecule has 0 heterocycles. The Morgan fingerprint density at radius 1 is 1.22 bits per heavy atom. The van der Waals surface area contributed by atoms with E-state index in [1.807, 2.05) is 37.3 Å². The minimum atomic E-state index is -0.320. The molecule has 4 heteroatoms. The molecule has 2 aromatic rings. The molecule has 0 aromatic heterocycles. The highest BCUT2D eigenvalue weighted by atomic mass is 19.1. The number of hydrogen-bond donors (Lipinski definition) is 0. The van der Waals surface area contributed by atoms with Crippen molar-refractivity contribution >= 4 is 0 Å². The topological polar surface area (TPSA) is 48.8 Å². The third kappa shape index (κ3) is 2.67. The Hall–Kier alpha value is -2.32. The first-order chi connectivity index (χ1) is 8.70. The molecule has 90 valence electrons. The van der Waals surface area contributed by atoms with Crippen LogP contribution < -0.4 is 0 Å². The van der Waals surface area contributed by atoms with Crippen LogP contribution in [0, 0.1) is 12.7 Å². The lowest BCUT2D eigenvalue weighted by Crippen LogP contribution is -1.89. The van der Waals surface area contributed by atoms with Crippen molar-refractivity contribution in [2.45, 2.75) is 13.5 Å². The Morgan fingerprint density at radius 3 is 2.72 bits per heavy atom. The van der Waals surface area contributed by atoms with Crippen LogP contribution in [0.2, 0.25) is 0 Å². The van der Waals surface area contributed by atoms with Crippen molar-refractivity contribution in [3.05, 3.63) is 69.9 Å². The first kappa shape index (κ1) is 12.1. The van der Waals surface area contributed by atoms with Gasteiger partial charge in [0.15, 0.2) is 0 Å². The quantitative estimate of drug-likeness (QED) is 0.428. The summed E-state index contributed by atoms with van der Waals surface area (Å²) in [6, 6.07) is 12.5. The van der Waals surface area contributed by atoms with Crippen molar-refractivity contribution in [2.75, 3.05) is 0 Å². The fourth-order valence-corrected chi connectivity index (χ4v) is 1.91. The van der Waals surface area contributed by atoms with Crippen molar-refractivity contribution in [1.29, 1.82) is 0 Å². The summed E-state index contributed by atoms with van der Waals surface area (Å²) in [6.45, 7) is 2.14. The third-order valence-electron chi connectivity index (χ3n) is 2.73. The zero-order valence-corrected chi connectivity index (χ0v) is 9.97. The molecule has 0 radical (unpaired) electrons. The van der Waals surface area contributed by atoms with Crippen LogP contribution in [-0.4, -0.2) is 0 Å². The Labute approximate surface area is 105 Å². The molecule has 0 amide bonds. The van der Waals surface area contributed by atoms with E-state index in [2.05, 4.69) is 10.0 Å². The molecular formula is C14H12FN3. The molecule has 18 heavy (non-hydrogen) atoms. The summed E-state index contributed by atoms with van der Waals surface area (Å²) in [5.41, 5.74) is 11.8. The summed E-state index contributed by atoms with van der Waals surface area (Å²) in [4.78, 5) is 2.68. The van der Waals surface area contributed by atoms with Gasteiger partial charge in [-0.15, -0.1) is 0 Å². The van der Waals surface area contributed by atoms with Gasteiger partial charge in [-0.05, 0) is 46.8 Å². The van der Waals surface area contributed by atoms with E-state index in [0.717, 1.165) is 16.7 Å². The minimum Gasteiger partial charge on any atom is -0.207 e. The van der Waals surface area contributed by atoms with Crippen molar-refractivity contribution in [1.82, 2.24) is 0 Å². The molecular weight excluding hydrogens is 229 g/mol. The van der Waals surface area contributed by atoms with E-state index in [1.54, 1.807) is 0 Å². The summed E-state index contributed by atoms with van der Waals surface area (Å²) in [6.07, 6.45) is 0. The first-order valence-corrected chi connectivity index (χ1v) is 5.57. The monoisotopic (exact) mass is 241 g/mol. The van der Waals surface area contributed by atoms with Crippen LogP contribution in [0.15, 0.2) is 47.6 Å². The molecule has 0 bridgehead atoms. The van der Waals surface area contributed by atoms with Crippen LogP contribution in [0.1, 0.15) is 11.1 Å². The lowest BCUT2D eigenvalue weighted by atomic mass is 9.99. The predicted molar refractivity (Wildman–Crippen MR) is 69.4 cm³/mol. The normalized spacial score (nSPS) is 9.89. The Morgan fingerprint density at radius 2 is 2.00 bits per heavy atom. The minimum absolute atomic E-state index is 0.160. The van der Waals surface area contributed by atoms with E-state index >= 15 is 0 Å². The zero-order valence-electron chi connectivity index (χ0n) is 9.97. The van der Waals surface area contributed by atoms with Gasteiger partial charge in [0.2, 0.25) is 0 Å². The average molecular weight is 241 g/mol. The SMILES string of the molecule is Cc1ccccc1-c1cc(F)cc(CN=[N+]=[N-])c1. The second kappa shape index (κ2) is 5.34. The molecule has 0 saturated heterocycles. The first-order valence-electron chi connectivity index (χ1n) is 5.57. The van der Waals surface area contributed by atoms with E-state index in [1.165, 1.54) is 12.1 Å². The number of nitrogens with zero attached hydrogens (tertiary/aromatic N) is 3. The largest absolute Gasteiger partial charge is 0.207 e. The maximum absolute atomic E-state index is 13.5. The summed E-state index contributed by atoms with van der Waals surface area (Å²) < 4.78 is 13.5. The zero-order chi connectivity index (χ0) is 13.0. The van der Waals surface area contributed by atoms with E-state index in [0.29, 0.717) is 5.56 Å². The second-order valence-electron chi connectivity index (χ2n) is 4.05. The number of halogens is 1. The van der Waals surface area contributed by atoms with Crippen LogP contribution in [0.4, 0.5) is 4.39 Å². The van der Waals surface area contributed by atoms with E-state index in [9.17, 15) is 4.39 Å². The third-order valence-corrected chi connectivity index (χ3v) is 2.73. The van der Waals surface area contributed by atoms with Gasteiger partial charge in [0, 0.05) is 4.91 Å². The molecule has 0 aliphatic carbocycles. The van der Waals surface area contributed by atoms with Gasteiger partial charge in [0.25, 0.3) is 0 Å². The molecule has 0 atom stereocenters. The van der Waals surface area contributed by atoms with Gasteiger partial charge in [-0.25, -0.2) is 4.39 Å². The number of hydrogen-bond acceptors (Lipinski definition) is 1. The van der Waals surface area contributed by atoms with Crippen LogP contribution in [0.5, 0.6) is 0 Å². The number of aryl methyl sites for hydroxylation is 1. The Balaban J connectivity index is 2.48. The summed E-state index contributed by atoms with van der Waals surface area (Å²) >= 11 is 0. The van der Waals surface area contributed by atoms with Gasteiger partial charge in [0.05, 0.1) is 6.54 Å².